The molecule has 0 saturated heterocycles. The third-order valence-corrected chi connectivity index (χ3v) is 3.21. The van der Waals surface area contributed by atoms with Gasteiger partial charge in [-0.3, -0.25) is 0 Å². The van der Waals surface area contributed by atoms with E-state index in [0.717, 1.165) is 4.47 Å². The van der Waals surface area contributed by atoms with Crippen LogP contribution in [0.4, 0.5) is 0 Å². The van der Waals surface area contributed by atoms with E-state index in [1.54, 1.807) is 7.05 Å². The molecule has 1 aromatic heterocycles. The van der Waals surface area contributed by atoms with Crippen molar-refractivity contribution in [2.24, 2.45) is 7.05 Å². The maximum absolute atomic E-state index is 4.12. The Morgan fingerprint density at radius 3 is 2.82 bits per heavy atom. The van der Waals surface area contributed by atoms with Crippen molar-refractivity contribution in [1.29, 1.82) is 0 Å². The highest BCUT2D eigenvalue weighted by Crippen LogP contribution is 2.22. The molecule has 0 bridgehead atoms. The number of tetrazole rings is 1. The maximum Gasteiger partial charge on any atom is 0.188 e. The van der Waals surface area contributed by atoms with Crippen molar-refractivity contribution in [2.45, 2.75) is 19.5 Å². The molecule has 0 aliphatic rings. The Bertz CT molecular complexity index is 496. The van der Waals surface area contributed by atoms with Gasteiger partial charge in [0, 0.05) is 10.5 Å². The molecule has 0 radical (unpaired) electrons. The molecule has 0 amide bonds. The van der Waals surface area contributed by atoms with Crippen LogP contribution in [0.25, 0.3) is 0 Å². The number of benzene rings is 1. The SMILES string of the molecule is C[C@@H](NCc1nnn(C)n1)c1ccccc1Br. The summed E-state index contributed by atoms with van der Waals surface area (Å²) in [5.74, 6) is 0.700. The van der Waals surface area contributed by atoms with Gasteiger partial charge >= 0.3 is 0 Å². The van der Waals surface area contributed by atoms with Gasteiger partial charge in [0.15, 0.2) is 5.82 Å². The fourth-order valence-electron chi connectivity index (χ4n) is 1.57. The summed E-state index contributed by atoms with van der Waals surface area (Å²) in [5.41, 5.74) is 1.22. The zero-order chi connectivity index (χ0) is 12.3. The maximum atomic E-state index is 4.12. The minimum atomic E-state index is 0.231. The lowest BCUT2D eigenvalue weighted by Crippen LogP contribution is -2.19. The van der Waals surface area contributed by atoms with E-state index in [0.29, 0.717) is 12.4 Å². The van der Waals surface area contributed by atoms with Gasteiger partial charge in [-0.05, 0) is 23.8 Å². The number of hydrogen-bond donors (Lipinski definition) is 1. The Kier molecular flexibility index (Phi) is 3.86. The summed E-state index contributed by atoms with van der Waals surface area (Å²) in [6.07, 6.45) is 0. The van der Waals surface area contributed by atoms with Crippen molar-refractivity contribution in [3.63, 3.8) is 0 Å². The van der Waals surface area contributed by atoms with Crippen LogP contribution >= 0.6 is 15.9 Å². The van der Waals surface area contributed by atoms with Gasteiger partial charge in [-0.2, -0.15) is 4.80 Å². The fraction of sp³-hybridized carbons (Fsp3) is 0.364. The summed E-state index contributed by atoms with van der Waals surface area (Å²) in [4.78, 5) is 1.46. The molecule has 2 aromatic rings. The smallest absolute Gasteiger partial charge is 0.188 e. The van der Waals surface area contributed by atoms with Crippen LogP contribution < -0.4 is 5.32 Å². The molecule has 2 rings (SSSR count). The minimum Gasteiger partial charge on any atom is -0.303 e. The molecule has 1 atom stereocenters. The predicted octanol–water partition coefficient (Wildman–Crippen LogP) is 1.82. The van der Waals surface area contributed by atoms with Crippen molar-refractivity contribution in [3.05, 3.63) is 40.1 Å². The summed E-state index contributed by atoms with van der Waals surface area (Å²) in [7, 11) is 1.76. The molecule has 0 saturated carbocycles. The average molecular weight is 296 g/mol. The molecule has 0 fully saturated rings. The van der Waals surface area contributed by atoms with Gasteiger partial charge in [0.2, 0.25) is 0 Å². The number of nitrogens with zero attached hydrogens (tertiary/aromatic N) is 4. The average Bonchev–Trinajstić information content (AvgIpc) is 2.73. The summed E-state index contributed by atoms with van der Waals surface area (Å²) in [5, 5.41) is 15.2. The van der Waals surface area contributed by atoms with E-state index in [2.05, 4.69) is 49.6 Å². The first kappa shape index (κ1) is 12.2. The van der Waals surface area contributed by atoms with Crippen molar-refractivity contribution < 1.29 is 0 Å². The van der Waals surface area contributed by atoms with Crippen LogP contribution in [-0.2, 0) is 13.6 Å². The highest BCUT2D eigenvalue weighted by atomic mass is 79.9. The molecule has 5 nitrogen and oxygen atoms in total. The lowest BCUT2D eigenvalue weighted by atomic mass is 10.1. The standard InChI is InChI=1S/C11H14BrN5/c1-8(9-5-3-4-6-10(9)12)13-7-11-14-16-17(2)15-11/h3-6,8,13H,7H2,1-2H3/t8-/m1/s1. The normalized spacial score (nSPS) is 12.6. The summed E-state index contributed by atoms with van der Waals surface area (Å²) in [6.45, 7) is 2.72. The van der Waals surface area contributed by atoms with Crippen LogP contribution in [0.1, 0.15) is 24.4 Å². The van der Waals surface area contributed by atoms with Crippen LogP contribution in [0.2, 0.25) is 0 Å². The van der Waals surface area contributed by atoms with Crippen molar-refractivity contribution in [2.75, 3.05) is 0 Å². The van der Waals surface area contributed by atoms with Gasteiger partial charge in [0.25, 0.3) is 0 Å². The molecule has 0 spiro atoms. The molecular formula is C11H14BrN5. The zero-order valence-electron chi connectivity index (χ0n) is 9.76. The number of aryl methyl sites for hydroxylation is 1. The summed E-state index contributed by atoms with van der Waals surface area (Å²) < 4.78 is 1.10. The Balaban J connectivity index is 1.98. The summed E-state index contributed by atoms with van der Waals surface area (Å²) >= 11 is 3.54. The van der Waals surface area contributed by atoms with E-state index in [1.807, 2.05) is 18.2 Å². The van der Waals surface area contributed by atoms with Gasteiger partial charge in [-0.25, -0.2) is 0 Å². The molecule has 0 aliphatic heterocycles. The third kappa shape index (κ3) is 3.10. The molecular weight excluding hydrogens is 282 g/mol. The number of aromatic nitrogens is 4. The second kappa shape index (κ2) is 5.37. The third-order valence-electron chi connectivity index (χ3n) is 2.49. The van der Waals surface area contributed by atoms with Gasteiger partial charge in [-0.1, -0.05) is 34.1 Å². The first-order valence-electron chi connectivity index (χ1n) is 5.37. The van der Waals surface area contributed by atoms with Crippen LogP contribution in [0.3, 0.4) is 0 Å². The molecule has 1 heterocycles. The molecule has 1 N–H and O–H groups in total. The largest absolute Gasteiger partial charge is 0.303 e. The molecule has 0 unspecified atom stereocenters. The molecule has 90 valence electrons. The highest BCUT2D eigenvalue weighted by molar-refractivity contribution is 9.10. The Labute approximate surface area is 108 Å². The van der Waals surface area contributed by atoms with Crippen molar-refractivity contribution in [3.8, 4) is 0 Å². The van der Waals surface area contributed by atoms with Crippen LogP contribution in [0.15, 0.2) is 28.7 Å². The number of rotatable bonds is 4. The van der Waals surface area contributed by atoms with Crippen molar-refractivity contribution in [1.82, 2.24) is 25.5 Å². The number of halogens is 1. The second-order valence-electron chi connectivity index (χ2n) is 3.82. The topological polar surface area (TPSA) is 55.6 Å². The Morgan fingerprint density at radius 1 is 1.41 bits per heavy atom. The summed E-state index contributed by atoms with van der Waals surface area (Å²) in [6, 6.07) is 8.39. The van der Waals surface area contributed by atoms with Crippen molar-refractivity contribution >= 4 is 15.9 Å². The molecule has 17 heavy (non-hydrogen) atoms. The Morgan fingerprint density at radius 2 is 2.18 bits per heavy atom. The minimum absolute atomic E-state index is 0.231. The van der Waals surface area contributed by atoms with Gasteiger partial charge in [-0.15, -0.1) is 10.2 Å². The highest BCUT2D eigenvalue weighted by Gasteiger charge is 2.09. The molecule has 1 aromatic carbocycles. The lowest BCUT2D eigenvalue weighted by molar-refractivity contribution is 0.554. The van der Waals surface area contributed by atoms with Gasteiger partial charge in [0.1, 0.15) is 0 Å². The first-order valence-corrected chi connectivity index (χ1v) is 6.17. The fourth-order valence-corrected chi connectivity index (χ4v) is 2.20. The van der Waals surface area contributed by atoms with E-state index in [4.69, 9.17) is 0 Å². The van der Waals surface area contributed by atoms with Crippen LogP contribution in [0.5, 0.6) is 0 Å². The molecule has 6 heteroatoms. The Hall–Kier alpha value is -1.27. The second-order valence-corrected chi connectivity index (χ2v) is 4.67. The quantitative estimate of drug-likeness (QED) is 0.935. The number of hydrogen-bond acceptors (Lipinski definition) is 4. The van der Waals surface area contributed by atoms with Gasteiger partial charge < -0.3 is 5.32 Å². The van der Waals surface area contributed by atoms with E-state index < -0.39 is 0 Å². The number of nitrogens with one attached hydrogen (secondary N) is 1. The van der Waals surface area contributed by atoms with E-state index in [1.165, 1.54) is 10.4 Å². The lowest BCUT2D eigenvalue weighted by Gasteiger charge is -2.14. The van der Waals surface area contributed by atoms with E-state index in [9.17, 15) is 0 Å². The van der Waals surface area contributed by atoms with Gasteiger partial charge in [0.05, 0.1) is 13.6 Å². The predicted molar refractivity (Wildman–Crippen MR) is 68.2 cm³/mol. The van der Waals surface area contributed by atoms with E-state index in [-0.39, 0.29) is 6.04 Å². The van der Waals surface area contributed by atoms with E-state index >= 15 is 0 Å². The van der Waals surface area contributed by atoms with Crippen LogP contribution in [-0.4, -0.2) is 20.2 Å². The first-order chi connectivity index (χ1) is 8.16. The van der Waals surface area contributed by atoms with Crippen LogP contribution in [0, 0.1) is 0 Å². The zero-order valence-corrected chi connectivity index (χ0v) is 11.3. The monoisotopic (exact) mass is 295 g/mol. The molecule has 0 aliphatic carbocycles.